The van der Waals surface area contributed by atoms with E-state index in [0.717, 1.165) is 70.1 Å². The molecule has 0 spiro atoms. The summed E-state index contributed by atoms with van der Waals surface area (Å²) in [6.07, 6.45) is 22.8. The predicted octanol–water partition coefficient (Wildman–Crippen LogP) is 6.91. The zero-order valence-corrected chi connectivity index (χ0v) is 49.0. The Morgan fingerprint density at radius 2 is 0.937 bits per heavy atom. The lowest BCUT2D eigenvalue weighted by Gasteiger charge is -2.35. The second-order valence-electron chi connectivity index (χ2n) is 24.6. The molecule has 79 heavy (non-hydrogen) atoms. The van der Waals surface area contributed by atoms with E-state index < -0.39 is 12.1 Å². The van der Waals surface area contributed by atoms with Gasteiger partial charge in [0.2, 0.25) is 23.6 Å². The molecule has 10 atom stereocenters. The van der Waals surface area contributed by atoms with Gasteiger partial charge in [0.25, 0.3) is 18.3 Å². The molecule has 10 saturated heterocycles. The molecule has 10 unspecified atom stereocenters. The summed E-state index contributed by atoms with van der Waals surface area (Å²) in [6, 6.07) is 14.2. The van der Waals surface area contributed by atoms with Crippen molar-refractivity contribution < 1.29 is 43.8 Å². The highest BCUT2D eigenvalue weighted by atomic mass is 127. The average molecular weight is 1200 g/mol. The molecule has 0 aromatic heterocycles. The van der Waals surface area contributed by atoms with Gasteiger partial charge in [-0.3, -0.25) is 44.2 Å². The Morgan fingerprint density at radius 3 is 1.42 bits per heavy atom. The first kappa shape index (κ1) is 59.3. The minimum absolute atomic E-state index is 0.000602. The first-order valence-corrected chi connectivity index (χ1v) is 31.2. The number of nitrogens with one attached hydrogen (secondary N) is 2. The first-order valence-electron chi connectivity index (χ1n) is 30.1. The summed E-state index contributed by atoms with van der Waals surface area (Å²) in [5.74, 6) is 1.12. The van der Waals surface area contributed by atoms with Gasteiger partial charge in [0.15, 0.2) is 0 Å². The second-order valence-corrected chi connectivity index (χ2v) is 25.9. The first-order chi connectivity index (χ1) is 38.2. The zero-order chi connectivity index (χ0) is 55.7. The largest absolute Gasteiger partial charge is 0.483 e. The number of benzene rings is 2. The zero-order valence-electron chi connectivity index (χ0n) is 46.8. The van der Waals surface area contributed by atoms with Gasteiger partial charge in [-0.25, -0.2) is 0 Å². The van der Waals surface area contributed by atoms with E-state index >= 15 is 0 Å². The number of amides is 6. The fourth-order valence-electron chi connectivity index (χ4n) is 15.0. The molecule has 17 nitrogen and oxygen atoms in total. The molecule has 0 bridgehead atoms. The van der Waals surface area contributed by atoms with Crippen molar-refractivity contribution in [1.29, 1.82) is 0 Å². The highest BCUT2D eigenvalue weighted by Gasteiger charge is 2.42. The summed E-state index contributed by atoms with van der Waals surface area (Å²) in [5, 5.41) is 20.9. The fraction of sp³-hybridized carbons (Fsp3) is 0.689. The van der Waals surface area contributed by atoms with E-state index in [1.807, 2.05) is 18.2 Å². The maximum atomic E-state index is 12.8. The number of fused-ring (bicyclic) bond motifs is 6. The van der Waals surface area contributed by atoms with E-state index in [4.69, 9.17) is 9.90 Å². The summed E-state index contributed by atoms with van der Waals surface area (Å²) in [4.78, 5) is 93.7. The van der Waals surface area contributed by atoms with Crippen molar-refractivity contribution in [3.05, 3.63) is 67.8 Å². The fourth-order valence-corrected chi connectivity index (χ4v) is 15.5. The van der Waals surface area contributed by atoms with Crippen molar-refractivity contribution >= 4 is 64.5 Å². The monoisotopic (exact) mass is 1200 g/mol. The van der Waals surface area contributed by atoms with Crippen LogP contribution in [0.5, 0.6) is 0 Å². The van der Waals surface area contributed by atoms with E-state index in [1.165, 1.54) is 141 Å². The number of carboxylic acid groups (broad SMARTS) is 1. The van der Waals surface area contributed by atoms with Crippen LogP contribution in [0.25, 0.3) is 0 Å². The van der Waals surface area contributed by atoms with E-state index in [-0.39, 0.29) is 54.4 Å². The maximum Gasteiger partial charge on any atom is 0.290 e. The molecule has 0 radical (unpaired) electrons. The number of carbonyl (C=O) groups excluding carboxylic acids is 6. The predicted molar refractivity (Wildman–Crippen MR) is 309 cm³/mol. The Kier molecular flexibility index (Phi) is 20.7. The second kappa shape index (κ2) is 27.6. The number of halogens is 1. The molecule has 14 rings (SSSR count). The van der Waals surface area contributed by atoms with E-state index in [9.17, 15) is 33.9 Å². The molecule has 6 amide bonds. The van der Waals surface area contributed by atoms with Gasteiger partial charge in [-0.15, -0.1) is 0 Å². The van der Waals surface area contributed by atoms with Gasteiger partial charge >= 0.3 is 0 Å². The molecule has 12 aliphatic rings. The number of carbonyl (C=O) groups is 7. The van der Waals surface area contributed by atoms with E-state index in [0.29, 0.717) is 49.4 Å². The normalized spacial score (nSPS) is 32.0. The number of aliphatic hydroxyl groups is 1. The van der Waals surface area contributed by atoms with Crippen molar-refractivity contribution in [3.8, 4) is 0 Å². The van der Waals surface area contributed by atoms with Gasteiger partial charge in [-0.2, -0.15) is 0 Å². The van der Waals surface area contributed by atoms with Crippen molar-refractivity contribution in [2.45, 2.75) is 204 Å². The minimum Gasteiger partial charge on any atom is -0.483 e. The lowest BCUT2D eigenvalue weighted by molar-refractivity contribution is -0.138. The van der Waals surface area contributed by atoms with Gasteiger partial charge in [-0.05, 0) is 243 Å². The van der Waals surface area contributed by atoms with Crippen molar-refractivity contribution in [2.75, 3.05) is 52.4 Å². The smallest absolute Gasteiger partial charge is 0.290 e. The summed E-state index contributed by atoms with van der Waals surface area (Å²) in [6.45, 7) is 15.8. The summed E-state index contributed by atoms with van der Waals surface area (Å²) in [7, 11) is 0. The lowest BCUT2D eigenvalue weighted by atomic mass is 9.84. The lowest BCUT2D eigenvalue weighted by Crippen LogP contribution is -2.52. The van der Waals surface area contributed by atoms with Crippen LogP contribution in [0, 0.1) is 15.4 Å². The molecule has 0 aliphatic carbocycles. The Hall–Kier alpha value is -4.34. The Bertz CT molecular complexity index is 2440. The number of aliphatic hydroxyl groups excluding tert-OH is 1. The van der Waals surface area contributed by atoms with Gasteiger partial charge < -0.3 is 39.6 Å². The number of nitrogens with zero attached hydrogens (tertiary/aromatic N) is 6. The van der Waals surface area contributed by atoms with Crippen LogP contribution in [0.3, 0.4) is 0 Å². The molecule has 10 fully saturated rings. The van der Waals surface area contributed by atoms with Gasteiger partial charge in [0.1, 0.15) is 12.1 Å². The van der Waals surface area contributed by atoms with Crippen LogP contribution in [0.4, 0.5) is 0 Å². The van der Waals surface area contributed by atoms with Crippen LogP contribution in [-0.2, 0) is 37.1 Å². The number of imide groups is 2. The molecule has 18 heteroatoms. The van der Waals surface area contributed by atoms with Crippen molar-refractivity contribution in [1.82, 2.24) is 40.0 Å². The Labute approximate surface area is 481 Å². The van der Waals surface area contributed by atoms with Crippen LogP contribution in [0.15, 0.2) is 36.4 Å². The highest BCUT2D eigenvalue weighted by Crippen LogP contribution is 2.39. The maximum absolute atomic E-state index is 12.8. The number of hydrogen-bond donors (Lipinski definition) is 4. The Balaban J connectivity index is 0.000000126. The number of hydrogen-bond acceptors (Lipinski definition) is 12. The molecular weight excluding hydrogens is 1120 g/mol. The molecule has 4 N–H and O–H groups in total. The third-order valence-electron chi connectivity index (χ3n) is 19.3. The molecule has 0 saturated carbocycles. The van der Waals surface area contributed by atoms with Crippen LogP contribution < -0.4 is 10.6 Å². The molecule has 12 heterocycles. The summed E-state index contributed by atoms with van der Waals surface area (Å²) < 4.78 is 1.06. The Morgan fingerprint density at radius 1 is 0.519 bits per heavy atom. The topological polar surface area (TPSA) is 203 Å². The third kappa shape index (κ3) is 14.8. The van der Waals surface area contributed by atoms with Crippen LogP contribution in [0.2, 0.25) is 0 Å². The molecule has 2 aromatic carbocycles. The molecule has 432 valence electrons. The standard InChI is InChI=1S/C21H25N3O3.C13H11IN2O3.2C9H17N.C8H15NO.CH2O2/c25-19-6-5-18(20(26)22-19)24-12-15-10-13(3-4-17(15)21(24)27)14-7-9-23-8-1-2-16(23)11-14;14-8-1-2-9-7(5-8)6-16(13(9)19)10-3-4-11(17)15-12(10)18;2*1-8-4-6-10-5-2-3-9(10)7-8;10-8-3-5-9-4-1-2-7(9)6-8;2-1-3/h3-4,10,14,16,18H,1-2,5-9,11-12H2,(H,22,25,26);1-2,5,10H,3-4,6H2,(H,15,17,18);2*8-9H,2-7H2,1H3;7-8,10H,1-6H2;1H,(H,2,3). The third-order valence-corrected chi connectivity index (χ3v) is 20.0. The van der Waals surface area contributed by atoms with E-state index in [1.54, 1.807) is 15.9 Å². The number of rotatable bonds is 3. The van der Waals surface area contributed by atoms with Gasteiger partial charge in [0, 0.05) is 71.3 Å². The van der Waals surface area contributed by atoms with Crippen LogP contribution in [-0.4, -0.2) is 176 Å². The summed E-state index contributed by atoms with van der Waals surface area (Å²) in [5.41, 5.74) is 4.67. The van der Waals surface area contributed by atoms with Crippen molar-refractivity contribution in [2.24, 2.45) is 11.8 Å². The quantitative estimate of drug-likeness (QED) is 0.140. The van der Waals surface area contributed by atoms with Gasteiger partial charge in [0.05, 0.1) is 6.10 Å². The average Bonchev–Trinajstić information content (AvgIpc) is 4.47. The van der Waals surface area contributed by atoms with Crippen LogP contribution in [0.1, 0.15) is 186 Å². The molecule has 12 aliphatic heterocycles. The van der Waals surface area contributed by atoms with Gasteiger partial charge in [-0.1, -0.05) is 26.0 Å². The molecular formula is C61H87IN8O9. The minimum atomic E-state index is -0.534. The van der Waals surface area contributed by atoms with Crippen LogP contribution >= 0.6 is 22.6 Å². The molecule has 2 aromatic rings. The van der Waals surface area contributed by atoms with Crippen molar-refractivity contribution in [3.63, 3.8) is 0 Å². The highest BCUT2D eigenvalue weighted by molar-refractivity contribution is 14.1. The van der Waals surface area contributed by atoms with E-state index in [2.05, 4.69) is 78.8 Å². The SMILES string of the molecule is CC1CCN2CCCC2C1.CC1CCN2CCCC2C1.O=C1CCC(N2Cc3cc(C4CCN5CCCC5C4)ccc3C2=O)C(=O)N1.O=C1CCC(N2Cc3cc(I)ccc3C2=O)C(=O)N1.O=CO.OC1CCN2CCCC2C1. The summed E-state index contributed by atoms with van der Waals surface area (Å²) >= 11 is 2.19. The number of piperidine rings is 6.